The Morgan fingerprint density at radius 3 is 2.63 bits per heavy atom. The number of aliphatic hydroxyl groups excluding tert-OH is 1. The Morgan fingerprint density at radius 2 is 2.00 bits per heavy atom. The zero-order chi connectivity index (χ0) is 14.1. The zero-order valence-electron chi connectivity index (χ0n) is 11.8. The van der Waals surface area contributed by atoms with E-state index >= 15 is 0 Å². The number of hydrogen-bond donors (Lipinski definition) is 2. The molecule has 1 unspecified atom stereocenters. The molecule has 0 aromatic heterocycles. The van der Waals surface area contributed by atoms with Crippen LogP contribution in [0.25, 0.3) is 0 Å². The Morgan fingerprint density at radius 1 is 1.32 bits per heavy atom. The van der Waals surface area contributed by atoms with Crippen molar-refractivity contribution in [1.82, 2.24) is 10.2 Å². The van der Waals surface area contributed by atoms with Gasteiger partial charge in [0.25, 0.3) is 0 Å². The molecule has 0 saturated carbocycles. The molecule has 106 valence electrons. The van der Waals surface area contributed by atoms with Crippen LogP contribution in [0.4, 0.5) is 0 Å². The normalized spacial score (nSPS) is 12.4. The summed E-state index contributed by atoms with van der Waals surface area (Å²) in [4.78, 5) is 13.5. The molecule has 0 spiro atoms. The van der Waals surface area contributed by atoms with Crippen LogP contribution in [-0.4, -0.2) is 49.2 Å². The predicted octanol–water partition coefficient (Wildman–Crippen LogP) is 1.05. The molecule has 19 heavy (non-hydrogen) atoms. The molecule has 0 radical (unpaired) electrons. The third-order valence-corrected chi connectivity index (χ3v) is 2.82. The number of nitrogens with zero attached hydrogens (tertiary/aromatic N) is 1. The third kappa shape index (κ3) is 7.59. The van der Waals surface area contributed by atoms with Gasteiger partial charge in [0.1, 0.15) is 0 Å². The Hall–Kier alpha value is -1.39. The average Bonchev–Trinajstić information content (AvgIpc) is 2.37. The van der Waals surface area contributed by atoms with Gasteiger partial charge in [0.15, 0.2) is 0 Å². The lowest BCUT2D eigenvalue weighted by Gasteiger charge is -2.16. The molecule has 1 atom stereocenters. The molecule has 1 aromatic rings. The van der Waals surface area contributed by atoms with E-state index in [0.717, 1.165) is 12.8 Å². The summed E-state index contributed by atoms with van der Waals surface area (Å²) in [6.07, 6.45) is 1.74. The highest BCUT2D eigenvalue weighted by molar-refractivity contribution is 5.75. The van der Waals surface area contributed by atoms with Crippen LogP contribution in [0.1, 0.15) is 18.4 Å². The van der Waals surface area contributed by atoms with Crippen molar-refractivity contribution in [2.75, 3.05) is 27.2 Å². The predicted molar refractivity (Wildman–Crippen MR) is 77.0 cm³/mol. The quantitative estimate of drug-likeness (QED) is 0.738. The fourth-order valence-electron chi connectivity index (χ4n) is 1.90. The summed E-state index contributed by atoms with van der Waals surface area (Å²) in [5.74, 6) is 0.00809. The van der Waals surface area contributed by atoms with Crippen LogP contribution in [-0.2, 0) is 11.2 Å². The first-order valence-corrected chi connectivity index (χ1v) is 6.71. The van der Waals surface area contributed by atoms with Crippen molar-refractivity contribution >= 4 is 5.91 Å². The molecular weight excluding hydrogens is 240 g/mol. The smallest absolute Gasteiger partial charge is 0.220 e. The fourth-order valence-corrected chi connectivity index (χ4v) is 1.90. The van der Waals surface area contributed by atoms with E-state index in [9.17, 15) is 9.90 Å². The van der Waals surface area contributed by atoms with Gasteiger partial charge in [-0.25, -0.2) is 0 Å². The van der Waals surface area contributed by atoms with Crippen molar-refractivity contribution in [2.45, 2.75) is 25.4 Å². The van der Waals surface area contributed by atoms with Crippen LogP contribution in [0.2, 0.25) is 0 Å². The lowest BCUT2D eigenvalue weighted by molar-refractivity contribution is -0.121. The SMILES string of the molecule is CN(C)CC(O)CNC(=O)CCCc1ccccc1. The van der Waals surface area contributed by atoms with Crippen LogP contribution < -0.4 is 5.32 Å². The molecule has 4 nitrogen and oxygen atoms in total. The van der Waals surface area contributed by atoms with Gasteiger partial charge in [0.2, 0.25) is 5.91 Å². The third-order valence-electron chi connectivity index (χ3n) is 2.82. The molecule has 0 aliphatic rings. The summed E-state index contributed by atoms with van der Waals surface area (Å²) in [6.45, 7) is 0.882. The number of carbonyl (C=O) groups excluding carboxylic acids is 1. The van der Waals surface area contributed by atoms with E-state index in [1.807, 2.05) is 37.2 Å². The lowest BCUT2D eigenvalue weighted by atomic mass is 10.1. The summed E-state index contributed by atoms with van der Waals surface area (Å²) in [7, 11) is 3.79. The van der Waals surface area contributed by atoms with E-state index in [4.69, 9.17) is 0 Å². The first kappa shape index (κ1) is 15.7. The van der Waals surface area contributed by atoms with Crippen molar-refractivity contribution in [3.63, 3.8) is 0 Å². The van der Waals surface area contributed by atoms with Crippen molar-refractivity contribution in [1.29, 1.82) is 0 Å². The zero-order valence-corrected chi connectivity index (χ0v) is 11.8. The van der Waals surface area contributed by atoms with E-state index < -0.39 is 6.10 Å². The van der Waals surface area contributed by atoms with Gasteiger partial charge in [0.05, 0.1) is 6.10 Å². The van der Waals surface area contributed by atoms with Crippen LogP contribution in [0.5, 0.6) is 0 Å². The second kappa shape index (κ2) is 8.67. The van der Waals surface area contributed by atoms with E-state index in [0.29, 0.717) is 19.5 Å². The van der Waals surface area contributed by atoms with Crippen LogP contribution in [0.15, 0.2) is 30.3 Å². The Labute approximate surface area is 115 Å². The molecule has 4 heteroatoms. The van der Waals surface area contributed by atoms with Gasteiger partial charge in [-0.05, 0) is 32.5 Å². The monoisotopic (exact) mass is 264 g/mol. The summed E-state index contributed by atoms with van der Waals surface area (Å²) in [5, 5.41) is 12.4. The largest absolute Gasteiger partial charge is 0.390 e. The molecule has 0 aliphatic heterocycles. The van der Waals surface area contributed by atoms with Crippen molar-refractivity contribution in [3.8, 4) is 0 Å². The molecule has 1 amide bonds. The molecule has 1 aromatic carbocycles. The highest BCUT2D eigenvalue weighted by Gasteiger charge is 2.07. The van der Waals surface area contributed by atoms with Gasteiger partial charge in [0, 0.05) is 19.5 Å². The molecular formula is C15H24N2O2. The number of aliphatic hydroxyl groups is 1. The average molecular weight is 264 g/mol. The van der Waals surface area contributed by atoms with Gasteiger partial charge in [-0.2, -0.15) is 0 Å². The Kier molecular flexibility index (Phi) is 7.15. The minimum Gasteiger partial charge on any atom is -0.390 e. The first-order chi connectivity index (χ1) is 9.08. The topological polar surface area (TPSA) is 52.6 Å². The second-order valence-corrected chi connectivity index (χ2v) is 5.06. The summed E-state index contributed by atoms with van der Waals surface area (Å²) < 4.78 is 0. The van der Waals surface area contributed by atoms with Crippen molar-refractivity contribution < 1.29 is 9.90 Å². The number of rotatable bonds is 8. The Balaban J connectivity index is 2.11. The maximum Gasteiger partial charge on any atom is 0.220 e. The van der Waals surface area contributed by atoms with Gasteiger partial charge in [-0.15, -0.1) is 0 Å². The standard InChI is InChI=1S/C15H24N2O2/c1-17(2)12-14(18)11-16-15(19)10-6-9-13-7-4-3-5-8-13/h3-5,7-8,14,18H,6,9-12H2,1-2H3,(H,16,19). The highest BCUT2D eigenvalue weighted by Crippen LogP contribution is 2.04. The first-order valence-electron chi connectivity index (χ1n) is 6.71. The molecule has 0 heterocycles. The maximum atomic E-state index is 11.6. The van der Waals surface area contributed by atoms with E-state index in [2.05, 4.69) is 17.4 Å². The van der Waals surface area contributed by atoms with Crippen molar-refractivity contribution in [2.24, 2.45) is 0 Å². The number of hydrogen-bond acceptors (Lipinski definition) is 3. The number of carbonyl (C=O) groups is 1. The molecule has 1 rings (SSSR count). The minimum absolute atomic E-state index is 0.00809. The minimum atomic E-state index is -0.506. The molecule has 2 N–H and O–H groups in total. The summed E-state index contributed by atoms with van der Waals surface area (Å²) >= 11 is 0. The molecule has 0 saturated heterocycles. The highest BCUT2D eigenvalue weighted by atomic mass is 16.3. The van der Waals surface area contributed by atoms with E-state index in [1.54, 1.807) is 0 Å². The van der Waals surface area contributed by atoms with Crippen molar-refractivity contribution in [3.05, 3.63) is 35.9 Å². The number of benzene rings is 1. The Bertz CT molecular complexity index is 366. The van der Waals surface area contributed by atoms with E-state index in [1.165, 1.54) is 5.56 Å². The van der Waals surface area contributed by atoms with Crippen LogP contribution in [0, 0.1) is 0 Å². The maximum absolute atomic E-state index is 11.6. The molecule has 0 fully saturated rings. The summed E-state index contributed by atoms with van der Waals surface area (Å²) in [6, 6.07) is 10.1. The van der Waals surface area contributed by atoms with Gasteiger partial charge in [-0.3, -0.25) is 4.79 Å². The number of nitrogens with one attached hydrogen (secondary N) is 1. The van der Waals surface area contributed by atoms with Gasteiger partial charge < -0.3 is 15.3 Å². The number of likely N-dealkylation sites (N-methyl/N-ethyl adjacent to an activating group) is 1. The van der Waals surface area contributed by atoms with Crippen LogP contribution >= 0.6 is 0 Å². The molecule has 0 aliphatic carbocycles. The summed E-state index contributed by atoms with van der Waals surface area (Å²) in [5.41, 5.74) is 1.25. The lowest BCUT2D eigenvalue weighted by Crippen LogP contribution is -2.37. The molecule has 0 bridgehead atoms. The second-order valence-electron chi connectivity index (χ2n) is 5.06. The van der Waals surface area contributed by atoms with E-state index in [-0.39, 0.29) is 5.91 Å². The van der Waals surface area contributed by atoms with Crippen LogP contribution in [0.3, 0.4) is 0 Å². The number of aryl methyl sites for hydroxylation is 1. The number of amides is 1. The van der Waals surface area contributed by atoms with Gasteiger partial charge >= 0.3 is 0 Å². The fraction of sp³-hybridized carbons (Fsp3) is 0.533. The van der Waals surface area contributed by atoms with Gasteiger partial charge in [-0.1, -0.05) is 30.3 Å².